The lowest BCUT2D eigenvalue weighted by Gasteiger charge is -2.36. The molecule has 1 saturated heterocycles. The van der Waals surface area contributed by atoms with Gasteiger partial charge in [-0.15, -0.1) is 0 Å². The molecular weight excluding hydrogens is 250 g/mol. The van der Waals surface area contributed by atoms with Crippen molar-refractivity contribution in [3.8, 4) is 11.5 Å². The number of carbonyl (C=O) groups is 2. The van der Waals surface area contributed by atoms with Gasteiger partial charge in [0.15, 0.2) is 11.5 Å². The van der Waals surface area contributed by atoms with E-state index in [2.05, 4.69) is 4.90 Å². The number of carbonyl (C=O) groups excluding carboxylic acids is 1. The van der Waals surface area contributed by atoms with Gasteiger partial charge in [0, 0.05) is 18.7 Å². The zero-order valence-electron chi connectivity index (χ0n) is 10.8. The molecule has 1 N–H and O–H groups in total. The van der Waals surface area contributed by atoms with Gasteiger partial charge in [0.25, 0.3) is 5.78 Å². The predicted molar refractivity (Wildman–Crippen MR) is 66.9 cm³/mol. The number of aliphatic carboxylic acids is 1. The van der Waals surface area contributed by atoms with E-state index in [1.807, 2.05) is 7.05 Å². The molecule has 0 saturated carbocycles. The van der Waals surface area contributed by atoms with E-state index < -0.39 is 11.8 Å². The number of benzene rings is 1. The molecule has 0 radical (unpaired) electrons. The molecule has 0 amide bonds. The van der Waals surface area contributed by atoms with Gasteiger partial charge in [-0.25, -0.2) is 4.79 Å². The number of carboxylic acids is 1. The molecule has 0 atom stereocenters. The Bertz CT molecular complexity index is 508. The lowest BCUT2D eigenvalue weighted by atomic mass is 10.1. The van der Waals surface area contributed by atoms with Crippen LogP contribution in [-0.4, -0.2) is 55.1 Å². The molecule has 0 aromatic heterocycles. The number of likely N-dealkylation sites (tertiary alicyclic amines) is 1. The lowest BCUT2D eigenvalue weighted by molar-refractivity contribution is -0.131. The van der Waals surface area contributed by atoms with Gasteiger partial charge in [-0.3, -0.25) is 9.69 Å². The maximum atomic E-state index is 11.4. The number of Topliss-reactive ketones (excluding diaryl/α,β-unsaturated/α-hetero) is 1. The molecule has 1 aromatic rings. The van der Waals surface area contributed by atoms with Crippen molar-refractivity contribution in [3.63, 3.8) is 0 Å². The molecule has 1 aliphatic heterocycles. The summed E-state index contributed by atoms with van der Waals surface area (Å²) in [5.74, 6) is -1.58. The van der Waals surface area contributed by atoms with Gasteiger partial charge in [-0.05, 0) is 25.2 Å². The maximum absolute atomic E-state index is 11.4. The van der Waals surface area contributed by atoms with Crippen molar-refractivity contribution >= 4 is 11.8 Å². The van der Waals surface area contributed by atoms with Crippen molar-refractivity contribution in [2.45, 2.75) is 6.10 Å². The number of likely N-dealkylation sites (N-methyl/N-ethyl adjacent to an activating group) is 1. The van der Waals surface area contributed by atoms with Crippen LogP contribution in [0.25, 0.3) is 0 Å². The van der Waals surface area contributed by atoms with E-state index in [1.54, 1.807) is 6.07 Å². The zero-order valence-corrected chi connectivity index (χ0v) is 10.8. The third-order valence-corrected chi connectivity index (χ3v) is 2.94. The summed E-state index contributed by atoms with van der Waals surface area (Å²) in [6, 6.07) is 4.37. The number of methoxy groups -OCH3 is 1. The molecule has 0 aliphatic carbocycles. The van der Waals surface area contributed by atoms with Gasteiger partial charge in [0.05, 0.1) is 7.11 Å². The third-order valence-electron chi connectivity index (χ3n) is 2.94. The Kier molecular flexibility index (Phi) is 3.71. The Morgan fingerprint density at radius 3 is 2.53 bits per heavy atom. The Labute approximate surface area is 110 Å². The van der Waals surface area contributed by atoms with Gasteiger partial charge in [0.2, 0.25) is 0 Å². The second-order valence-electron chi connectivity index (χ2n) is 4.46. The highest BCUT2D eigenvalue weighted by Crippen LogP contribution is 2.30. The van der Waals surface area contributed by atoms with E-state index in [-0.39, 0.29) is 11.7 Å². The molecular formula is C13H15NO5. The third kappa shape index (κ3) is 2.85. The summed E-state index contributed by atoms with van der Waals surface area (Å²) in [6.45, 7) is 1.66. The molecule has 0 spiro atoms. The molecule has 1 heterocycles. The predicted octanol–water partition coefficient (Wildman–Crippen LogP) is 0.655. The SMILES string of the molecule is COc1cc(C(=O)C(=O)O)ccc1OC1CN(C)C1. The summed E-state index contributed by atoms with van der Waals surface area (Å²) in [6.07, 6.45) is 0.0972. The summed E-state index contributed by atoms with van der Waals surface area (Å²) in [4.78, 5) is 24.1. The molecule has 1 aromatic carbocycles. The van der Waals surface area contributed by atoms with Crippen LogP contribution in [0.3, 0.4) is 0 Å². The first-order chi connectivity index (χ1) is 9.01. The second-order valence-corrected chi connectivity index (χ2v) is 4.46. The van der Waals surface area contributed by atoms with Crippen molar-refractivity contribution in [1.29, 1.82) is 0 Å². The first-order valence-electron chi connectivity index (χ1n) is 5.82. The molecule has 0 unspecified atom stereocenters. The second kappa shape index (κ2) is 5.27. The van der Waals surface area contributed by atoms with Crippen molar-refractivity contribution in [2.75, 3.05) is 27.2 Å². The number of rotatable bonds is 5. The standard InChI is InChI=1S/C13H15NO5/c1-14-6-9(7-14)19-10-4-3-8(5-11(10)18-2)12(15)13(16)17/h3-5,9H,6-7H2,1-2H3,(H,16,17). The number of ether oxygens (including phenoxy) is 2. The van der Waals surface area contributed by atoms with Crippen LogP contribution in [0.2, 0.25) is 0 Å². The van der Waals surface area contributed by atoms with Crippen molar-refractivity contribution in [3.05, 3.63) is 23.8 Å². The van der Waals surface area contributed by atoms with Crippen LogP contribution in [-0.2, 0) is 4.79 Å². The summed E-state index contributed by atoms with van der Waals surface area (Å²) < 4.78 is 10.8. The minimum Gasteiger partial charge on any atom is -0.493 e. The van der Waals surface area contributed by atoms with Crippen LogP contribution in [0.5, 0.6) is 11.5 Å². The topological polar surface area (TPSA) is 76.1 Å². The van der Waals surface area contributed by atoms with E-state index >= 15 is 0 Å². The Balaban J connectivity index is 2.16. The van der Waals surface area contributed by atoms with E-state index in [0.717, 1.165) is 13.1 Å². The molecule has 1 fully saturated rings. The smallest absolute Gasteiger partial charge is 0.377 e. The largest absolute Gasteiger partial charge is 0.493 e. The molecule has 6 heteroatoms. The maximum Gasteiger partial charge on any atom is 0.377 e. The Morgan fingerprint density at radius 1 is 1.32 bits per heavy atom. The van der Waals surface area contributed by atoms with Crippen molar-refractivity contribution < 1.29 is 24.2 Å². The highest BCUT2D eigenvalue weighted by Gasteiger charge is 2.26. The minimum atomic E-state index is -1.49. The van der Waals surface area contributed by atoms with E-state index in [1.165, 1.54) is 19.2 Å². The molecule has 102 valence electrons. The highest BCUT2D eigenvalue weighted by atomic mass is 16.5. The average Bonchev–Trinajstić information content (AvgIpc) is 2.36. The van der Waals surface area contributed by atoms with Crippen LogP contribution in [0, 0.1) is 0 Å². The molecule has 2 rings (SSSR count). The van der Waals surface area contributed by atoms with Crippen LogP contribution in [0.15, 0.2) is 18.2 Å². The fourth-order valence-corrected chi connectivity index (χ4v) is 1.93. The fraction of sp³-hybridized carbons (Fsp3) is 0.385. The molecule has 0 bridgehead atoms. The minimum absolute atomic E-state index is 0.0717. The van der Waals surface area contributed by atoms with Crippen molar-refractivity contribution in [1.82, 2.24) is 4.90 Å². The fourth-order valence-electron chi connectivity index (χ4n) is 1.93. The number of carboxylic acid groups (broad SMARTS) is 1. The van der Waals surface area contributed by atoms with E-state index in [4.69, 9.17) is 14.6 Å². The molecule has 19 heavy (non-hydrogen) atoms. The summed E-state index contributed by atoms with van der Waals surface area (Å²) in [7, 11) is 3.44. The van der Waals surface area contributed by atoms with E-state index in [0.29, 0.717) is 11.5 Å². The number of hydrogen-bond acceptors (Lipinski definition) is 5. The summed E-state index contributed by atoms with van der Waals surface area (Å²) in [5, 5.41) is 8.66. The first kappa shape index (κ1) is 13.4. The Morgan fingerprint density at radius 2 is 2.00 bits per heavy atom. The average molecular weight is 265 g/mol. The molecule has 6 nitrogen and oxygen atoms in total. The first-order valence-corrected chi connectivity index (χ1v) is 5.82. The van der Waals surface area contributed by atoms with Crippen LogP contribution >= 0.6 is 0 Å². The van der Waals surface area contributed by atoms with Gasteiger partial charge < -0.3 is 14.6 Å². The van der Waals surface area contributed by atoms with Gasteiger partial charge in [0.1, 0.15) is 6.10 Å². The van der Waals surface area contributed by atoms with Gasteiger partial charge in [-0.1, -0.05) is 0 Å². The zero-order chi connectivity index (χ0) is 14.0. The van der Waals surface area contributed by atoms with Crippen molar-refractivity contribution in [2.24, 2.45) is 0 Å². The van der Waals surface area contributed by atoms with Crippen LogP contribution in [0.1, 0.15) is 10.4 Å². The summed E-state index contributed by atoms with van der Waals surface area (Å²) in [5.41, 5.74) is 0.0717. The van der Waals surface area contributed by atoms with E-state index in [9.17, 15) is 9.59 Å². The highest BCUT2D eigenvalue weighted by molar-refractivity contribution is 6.39. The Hall–Kier alpha value is -2.08. The number of nitrogens with zero attached hydrogens (tertiary/aromatic N) is 1. The molecule has 1 aliphatic rings. The monoisotopic (exact) mass is 265 g/mol. The number of ketones is 1. The van der Waals surface area contributed by atoms with Gasteiger partial charge >= 0.3 is 5.97 Å². The quantitative estimate of drug-likeness (QED) is 0.622. The summed E-state index contributed by atoms with van der Waals surface area (Å²) >= 11 is 0. The normalized spacial score (nSPS) is 15.7. The lowest BCUT2D eigenvalue weighted by Crippen LogP contribution is -2.51. The van der Waals surface area contributed by atoms with Crippen LogP contribution in [0.4, 0.5) is 0 Å². The number of hydrogen-bond donors (Lipinski definition) is 1. The van der Waals surface area contributed by atoms with Crippen LogP contribution < -0.4 is 9.47 Å². The van der Waals surface area contributed by atoms with Gasteiger partial charge in [-0.2, -0.15) is 0 Å².